The van der Waals surface area contributed by atoms with E-state index in [0.29, 0.717) is 18.7 Å². The Morgan fingerprint density at radius 2 is 1.85 bits per heavy atom. The molecule has 0 aliphatic heterocycles. The fourth-order valence-electron chi connectivity index (χ4n) is 2.09. The monoisotopic (exact) mass is 277 g/mol. The summed E-state index contributed by atoms with van der Waals surface area (Å²) in [6, 6.07) is 7.53. The molecule has 1 amide bonds. The van der Waals surface area contributed by atoms with E-state index in [1.807, 2.05) is 38.1 Å². The number of hydrogen-bond donors (Lipinski definition) is 0. The molecule has 0 unspecified atom stereocenters. The molecule has 1 aromatic carbocycles. The number of rotatable bonds is 7. The van der Waals surface area contributed by atoms with Gasteiger partial charge < -0.3 is 9.64 Å². The highest BCUT2D eigenvalue weighted by atomic mass is 16.5. The number of nitrogens with zero attached hydrogens (tertiary/aromatic N) is 1. The minimum Gasteiger partial charge on any atom is -0.465 e. The molecule has 0 aromatic heterocycles. The van der Waals surface area contributed by atoms with Gasteiger partial charge in [0, 0.05) is 12.1 Å². The molecular weight excluding hydrogens is 254 g/mol. The van der Waals surface area contributed by atoms with Crippen molar-refractivity contribution in [1.29, 1.82) is 0 Å². The summed E-state index contributed by atoms with van der Waals surface area (Å²) >= 11 is 0. The van der Waals surface area contributed by atoms with Crippen molar-refractivity contribution >= 4 is 11.9 Å². The first kappa shape index (κ1) is 16.2. The number of aryl methyl sites for hydroxylation is 1. The van der Waals surface area contributed by atoms with Gasteiger partial charge in [-0.2, -0.15) is 0 Å². The molecule has 0 saturated carbocycles. The van der Waals surface area contributed by atoms with Crippen LogP contribution in [0.15, 0.2) is 24.3 Å². The number of ether oxygens (including phenoxy) is 1. The van der Waals surface area contributed by atoms with Gasteiger partial charge >= 0.3 is 5.97 Å². The lowest BCUT2D eigenvalue weighted by Crippen LogP contribution is -2.37. The molecule has 0 aliphatic carbocycles. The molecule has 0 atom stereocenters. The fraction of sp³-hybridized carbons (Fsp3) is 0.500. The van der Waals surface area contributed by atoms with E-state index in [2.05, 4.69) is 0 Å². The predicted octanol–water partition coefficient (Wildman–Crippen LogP) is 2.66. The van der Waals surface area contributed by atoms with Crippen LogP contribution >= 0.6 is 0 Å². The fourth-order valence-corrected chi connectivity index (χ4v) is 2.09. The Labute approximate surface area is 120 Å². The van der Waals surface area contributed by atoms with Gasteiger partial charge in [-0.05, 0) is 31.4 Å². The summed E-state index contributed by atoms with van der Waals surface area (Å²) in [6.07, 6.45) is 1.60. The molecule has 1 rings (SSSR count). The summed E-state index contributed by atoms with van der Waals surface area (Å²) in [6.45, 7) is 6.65. The van der Waals surface area contributed by atoms with E-state index in [4.69, 9.17) is 4.74 Å². The van der Waals surface area contributed by atoms with E-state index in [1.54, 1.807) is 11.8 Å². The van der Waals surface area contributed by atoms with Crippen molar-refractivity contribution in [3.8, 4) is 0 Å². The Kier molecular flexibility index (Phi) is 6.77. The van der Waals surface area contributed by atoms with Crippen LogP contribution in [0, 0.1) is 0 Å². The number of benzene rings is 1. The summed E-state index contributed by atoms with van der Waals surface area (Å²) in [7, 11) is 0. The zero-order valence-electron chi connectivity index (χ0n) is 12.5. The van der Waals surface area contributed by atoms with Crippen molar-refractivity contribution in [2.75, 3.05) is 19.7 Å². The lowest BCUT2D eigenvalue weighted by Gasteiger charge is -2.22. The highest BCUT2D eigenvalue weighted by Crippen LogP contribution is 2.13. The van der Waals surface area contributed by atoms with Crippen LogP contribution in [0.25, 0.3) is 0 Å². The maximum Gasteiger partial charge on any atom is 0.325 e. The van der Waals surface area contributed by atoms with Crippen LogP contribution in [0.3, 0.4) is 0 Å². The Morgan fingerprint density at radius 3 is 2.45 bits per heavy atom. The van der Waals surface area contributed by atoms with E-state index in [9.17, 15) is 9.59 Å². The third-order valence-corrected chi connectivity index (χ3v) is 3.03. The molecule has 0 heterocycles. The normalized spacial score (nSPS) is 10.2. The van der Waals surface area contributed by atoms with Crippen molar-refractivity contribution in [2.45, 2.75) is 33.6 Å². The van der Waals surface area contributed by atoms with E-state index in [0.717, 1.165) is 18.4 Å². The average Bonchev–Trinajstić information content (AvgIpc) is 2.46. The second kappa shape index (κ2) is 8.35. The summed E-state index contributed by atoms with van der Waals surface area (Å²) < 4.78 is 4.93. The summed E-state index contributed by atoms with van der Waals surface area (Å²) in [5.41, 5.74) is 1.68. The zero-order chi connectivity index (χ0) is 15.0. The molecule has 20 heavy (non-hydrogen) atoms. The van der Waals surface area contributed by atoms with Gasteiger partial charge in [0.25, 0.3) is 5.91 Å². The van der Waals surface area contributed by atoms with Gasteiger partial charge in [0.15, 0.2) is 0 Å². The van der Waals surface area contributed by atoms with Crippen molar-refractivity contribution in [1.82, 2.24) is 4.90 Å². The number of carbonyl (C=O) groups is 2. The number of hydrogen-bond acceptors (Lipinski definition) is 3. The average molecular weight is 277 g/mol. The van der Waals surface area contributed by atoms with Gasteiger partial charge in [-0.1, -0.05) is 32.0 Å². The summed E-state index contributed by atoms with van der Waals surface area (Å²) in [4.78, 5) is 25.7. The highest BCUT2D eigenvalue weighted by molar-refractivity contribution is 5.97. The van der Waals surface area contributed by atoms with Gasteiger partial charge in [-0.25, -0.2) is 0 Å². The topological polar surface area (TPSA) is 46.6 Å². The van der Waals surface area contributed by atoms with Gasteiger partial charge in [-0.15, -0.1) is 0 Å². The molecular formula is C16H23NO3. The lowest BCUT2D eigenvalue weighted by atomic mass is 10.0. The van der Waals surface area contributed by atoms with Gasteiger partial charge in [0.05, 0.1) is 6.61 Å². The summed E-state index contributed by atoms with van der Waals surface area (Å²) in [5, 5.41) is 0. The largest absolute Gasteiger partial charge is 0.465 e. The van der Waals surface area contributed by atoms with Gasteiger partial charge in [-0.3, -0.25) is 9.59 Å². The maximum absolute atomic E-state index is 12.6. The minimum atomic E-state index is -0.358. The quantitative estimate of drug-likeness (QED) is 0.720. The minimum absolute atomic E-state index is 0.0125. The van der Waals surface area contributed by atoms with Crippen LogP contribution in [0.1, 0.15) is 43.1 Å². The van der Waals surface area contributed by atoms with E-state index in [-0.39, 0.29) is 18.4 Å². The number of esters is 1. The van der Waals surface area contributed by atoms with Crippen molar-refractivity contribution < 1.29 is 14.3 Å². The first-order valence-electron chi connectivity index (χ1n) is 7.16. The van der Waals surface area contributed by atoms with Crippen molar-refractivity contribution in [2.24, 2.45) is 0 Å². The Hall–Kier alpha value is -1.84. The molecule has 0 saturated heterocycles. The maximum atomic E-state index is 12.6. The lowest BCUT2D eigenvalue weighted by molar-refractivity contribution is -0.143. The molecule has 0 aliphatic rings. The van der Waals surface area contributed by atoms with E-state index >= 15 is 0 Å². The van der Waals surface area contributed by atoms with Crippen LogP contribution in [-0.4, -0.2) is 36.5 Å². The Bertz CT molecular complexity index is 457. The van der Waals surface area contributed by atoms with Crippen LogP contribution in [0.4, 0.5) is 0 Å². The van der Waals surface area contributed by atoms with Crippen LogP contribution in [0.2, 0.25) is 0 Å². The standard InChI is InChI=1S/C16H23NO3/c1-4-11-17(12-15(18)20-6-3)16(19)14-10-8-7-9-13(14)5-2/h7-10H,4-6,11-12H2,1-3H3. The van der Waals surface area contributed by atoms with E-state index in [1.165, 1.54) is 0 Å². The Morgan fingerprint density at radius 1 is 1.15 bits per heavy atom. The van der Waals surface area contributed by atoms with Crippen molar-refractivity contribution in [3.63, 3.8) is 0 Å². The molecule has 4 nitrogen and oxygen atoms in total. The van der Waals surface area contributed by atoms with Gasteiger partial charge in [0.1, 0.15) is 6.54 Å². The molecule has 0 bridgehead atoms. The second-order valence-electron chi connectivity index (χ2n) is 4.54. The number of amides is 1. The first-order valence-corrected chi connectivity index (χ1v) is 7.16. The summed E-state index contributed by atoms with van der Waals surface area (Å²) in [5.74, 6) is -0.458. The van der Waals surface area contributed by atoms with Crippen LogP contribution in [0.5, 0.6) is 0 Å². The Balaban J connectivity index is 2.90. The van der Waals surface area contributed by atoms with E-state index < -0.39 is 0 Å². The third-order valence-electron chi connectivity index (χ3n) is 3.03. The zero-order valence-corrected chi connectivity index (χ0v) is 12.5. The van der Waals surface area contributed by atoms with Crippen LogP contribution < -0.4 is 0 Å². The SMILES string of the molecule is CCCN(CC(=O)OCC)C(=O)c1ccccc1CC. The predicted molar refractivity (Wildman–Crippen MR) is 78.6 cm³/mol. The molecule has 0 fully saturated rings. The third kappa shape index (κ3) is 4.37. The highest BCUT2D eigenvalue weighted by Gasteiger charge is 2.20. The molecule has 0 spiro atoms. The molecule has 0 N–H and O–H groups in total. The first-order chi connectivity index (χ1) is 9.63. The molecule has 0 radical (unpaired) electrons. The molecule has 110 valence electrons. The molecule has 1 aromatic rings. The second-order valence-corrected chi connectivity index (χ2v) is 4.54. The molecule has 4 heteroatoms. The number of carbonyl (C=O) groups excluding carboxylic acids is 2. The van der Waals surface area contributed by atoms with Crippen LogP contribution in [-0.2, 0) is 16.0 Å². The van der Waals surface area contributed by atoms with Crippen molar-refractivity contribution in [3.05, 3.63) is 35.4 Å². The van der Waals surface area contributed by atoms with Gasteiger partial charge in [0.2, 0.25) is 0 Å². The smallest absolute Gasteiger partial charge is 0.325 e.